The Morgan fingerprint density at radius 3 is 2.35 bits per heavy atom. The molecular formula is C37H35ClN6O2. The molecule has 46 heavy (non-hydrogen) atoms. The van der Waals surface area contributed by atoms with E-state index >= 15 is 0 Å². The summed E-state index contributed by atoms with van der Waals surface area (Å²) in [5, 5.41) is 15.3. The monoisotopic (exact) mass is 630 g/mol. The normalized spacial score (nSPS) is 14.6. The van der Waals surface area contributed by atoms with Crippen molar-refractivity contribution < 1.29 is 9.59 Å². The molecule has 0 atom stereocenters. The summed E-state index contributed by atoms with van der Waals surface area (Å²) in [6.07, 6.45) is 5.41. The van der Waals surface area contributed by atoms with E-state index in [-0.39, 0.29) is 12.3 Å². The summed E-state index contributed by atoms with van der Waals surface area (Å²) in [6.45, 7) is 5.16. The van der Waals surface area contributed by atoms with Crippen molar-refractivity contribution >= 4 is 52.4 Å². The van der Waals surface area contributed by atoms with Crippen LogP contribution in [0.2, 0.25) is 5.02 Å². The third-order valence-electron chi connectivity index (χ3n) is 8.35. The fourth-order valence-corrected chi connectivity index (χ4v) is 6.21. The molecule has 8 nitrogen and oxygen atoms in total. The maximum Gasteiger partial charge on any atom is 0.323 e. The summed E-state index contributed by atoms with van der Waals surface area (Å²) >= 11 is 6.78. The van der Waals surface area contributed by atoms with Crippen LogP contribution >= 0.6 is 11.6 Å². The second-order valence-corrected chi connectivity index (χ2v) is 11.9. The Morgan fingerprint density at radius 2 is 1.59 bits per heavy atom. The molecule has 0 saturated carbocycles. The van der Waals surface area contributed by atoms with Crippen LogP contribution in [0.5, 0.6) is 0 Å². The van der Waals surface area contributed by atoms with Gasteiger partial charge in [-0.3, -0.25) is 9.69 Å². The smallest absolute Gasteiger partial charge is 0.323 e. The topological polar surface area (TPSA) is 91.7 Å². The van der Waals surface area contributed by atoms with E-state index in [9.17, 15) is 9.59 Å². The van der Waals surface area contributed by atoms with Crippen LogP contribution in [0.15, 0.2) is 97.1 Å². The molecule has 9 heteroatoms. The molecule has 0 spiro atoms. The molecule has 0 bridgehead atoms. The lowest BCUT2D eigenvalue weighted by Gasteiger charge is -2.36. The van der Waals surface area contributed by atoms with E-state index < -0.39 is 6.03 Å². The first kappa shape index (κ1) is 30.9. The average molecular weight is 631 g/mol. The largest absolute Gasteiger partial charge is 0.368 e. The van der Waals surface area contributed by atoms with Crippen molar-refractivity contribution in [1.29, 1.82) is 5.26 Å². The summed E-state index contributed by atoms with van der Waals surface area (Å²) in [5.41, 5.74) is 6.68. The minimum Gasteiger partial charge on any atom is -0.368 e. The van der Waals surface area contributed by atoms with Crippen molar-refractivity contribution in [2.24, 2.45) is 0 Å². The zero-order chi connectivity index (χ0) is 31.9. The van der Waals surface area contributed by atoms with Gasteiger partial charge >= 0.3 is 6.03 Å². The van der Waals surface area contributed by atoms with Crippen LogP contribution in [0.3, 0.4) is 0 Å². The van der Waals surface area contributed by atoms with Gasteiger partial charge in [0.05, 0.1) is 28.8 Å². The molecule has 4 aromatic rings. The van der Waals surface area contributed by atoms with Gasteiger partial charge in [-0.25, -0.2) is 4.79 Å². The van der Waals surface area contributed by atoms with E-state index in [1.54, 1.807) is 36.4 Å². The number of hydrogen-bond acceptors (Lipinski definition) is 5. The number of rotatable bonds is 8. The van der Waals surface area contributed by atoms with Crippen LogP contribution in [0.25, 0.3) is 6.08 Å². The summed E-state index contributed by atoms with van der Waals surface area (Å²) in [7, 11) is 0. The molecule has 0 aromatic heterocycles. The van der Waals surface area contributed by atoms with Gasteiger partial charge in [0, 0.05) is 56.3 Å². The van der Waals surface area contributed by atoms with Crippen LogP contribution in [-0.2, 0) is 17.6 Å². The lowest BCUT2D eigenvalue weighted by Crippen LogP contribution is -2.46. The number of urea groups is 1. The number of halogens is 1. The number of piperazine rings is 1. The number of fused-ring (bicyclic) bond motifs is 1. The van der Waals surface area contributed by atoms with E-state index in [1.165, 1.54) is 5.56 Å². The number of carbonyl (C=O) groups excluding carboxylic acids is 2. The SMILES string of the molecule is N#Cc1cccc(NC(=O)Nc2ccc(CC(=O)N3CCc4cc(Cl)c(N5CCN(C/C=C/c6ccccc6)CC5)cc43)cc2)c1. The molecule has 2 aliphatic rings. The second kappa shape index (κ2) is 14.3. The lowest BCUT2D eigenvalue weighted by atomic mass is 10.1. The first-order chi connectivity index (χ1) is 22.4. The van der Waals surface area contributed by atoms with Crippen molar-refractivity contribution in [3.63, 3.8) is 0 Å². The molecule has 2 N–H and O–H groups in total. The highest BCUT2D eigenvalue weighted by Gasteiger charge is 2.28. The number of amides is 3. The molecule has 6 rings (SSSR count). The first-order valence-corrected chi connectivity index (χ1v) is 15.8. The van der Waals surface area contributed by atoms with Gasteiger partial charge in [-0.05, 0) is 65.6 Å². The van der Waals surface area contributed by atoms with E-state index in [2.05, 4.69) is 56.9 Å². The molecule has 0 unspecified atom stereocenters. The van der Waals surface area contributed by atoms with Crippen molar-refractivity contribution in [2.75, 3.05) is 59.7 Å². The van der Waals surface area contributed by atoms with Gasteiger partial charge in [-0.2, -0.15) is 5.26 Å². The Morgan fingerprint density at radius 1 is 0.826 bits per heavy atom. The molecule has 0 aliphatic carbocycles. The predicted molar refractivity (Wildman–Crippen MR) is 186 cm³/mol. The van der Waals surface area contributed by atoms with Gasteiger partial charge in [-0.1, -0.05) is 72.3 Å². The van der Waals surface area contributed by atoms with Crippen LogP contribution in [-0.4, -0.2) is 56.1 Å². The maximum absolute atomic E-state index is 13.5. The zero-order valence-electron chi connectivity index (χ0n) is 25.5. The molecule has 0 radical (unpaired) electrons. The molecule has 1 saturated heterocycles. The van der Waals surface area contributed by atoms with Crippen molar-refractivity contribution in [3.05, 3.63) is 124 Å². The minimum atomic E-state index is -0.414. The highest BCUT2D eigenvalue weighted by molar-refractivity contribution is 6.33. The Hall–Kier alpha value is -5.10. The fourth-order valence-electron chi connectivity index (χ4n) is 5.91. The Labute approximate surface area is 274 Å². The van der Waals surface area contributed by atoms with E-state index in [4.69, 9.17) is 16.9 Å². The molecule has 4 aromatic carbocycles. The average Bonchev–Trinajstić information content (AvgIpc) is 3.49. The van der Waals surface area contributed by atoms with Crippen LogP contribution in [0.1, 0.15) is 22.3 Å². The summed E-state index contributed by atoms with van der Waals surface area (Å²) in [6, 6.07) is 30.1. The number of nitriles is 1. The zero-order valence-corrected chi connectivity index (χ0v) is 26.2. The number of carbonyl (C=O) groups is 2. The molecule has 232 valence electrons. The first-order valence-electron chi connectivity index (χ1n) is 15.4. The van der Waals surface area contributed by atoms with Crippen molar-refractivity contribution in [1.82, 2.24) is 4.90 Å². The molecule has 2 aliphatic heterocycles. The number of anilines is 4. The number of nitrogens with zero attached hydrogens (tertiary/aromatic N) is 4. The third kappa shape index (κ3) is 7.57. The van der Waals surface area contributed by atoms with Crippen LogP contribution in [0.4, 0.5) is 27.5 Å². The maximum atomic E-state index is 13.5. The van der Waals surface area contributed by atoms with Gasteiger partial charge < -0.3 is 20.4 Å². The molecule has 3 amide bonds. The standard InChI is InChI=1S/C37H35ClN6O2/c38-33-24-30-15-17-44(34(30)25-35(33)43-20-18-42(19-21-43)16-5-9-27-6-2-1-3-7-27)36(45)23-28-11-13-31(14-12-28)40-37(46)41-32-10-4-8-29(22-32)26-39/h1-14,22,24-25H,15-21,23H2,(H2,40,41,46)/b9-5+. The Kier molecular flexibility index (Phi) is 9.63. The summed E-state index contributed by atoms with van der Waals surface area (Å²) in [5.74, 6) is 0.0258. The van der Waals surface area contributed by atoms with Crippen LogP contribution in [0, 0.1) is 11.3 Å². The lowest BCUT2D eigenvalue weighted by molar-refractivity contribution is -0.117. The second-order valence-electron chi connectivity index (χ2n) is 11.5. The highest BCUT2D eigenvalue weighted by Crippen LogP contribution is 2.38. The third-order valence-corrected chi connectivity index (χ3v) is 8.65. The van der Waals surface area contributed by atoms with E-state index in [0.29, 0.717) is 23.5 Å². The van der Waals surface area contributed by atoms with Gasteiger partial charge in [0.1, 0.15) is 0 Å². The van der Waals surface area contributed by atoms with E-state index in [0.717, 1.165) is 66.7 Å². The van der Waals surface area contributed by atoms with Crippen LogP contribution < -0.4 is 20.4 Å². The Balaban J connectivity index is 1.03. The summed E-state index contributed by atoms with van der Waals surface area (Å²) in [4.78, 5) is 32.5. The molecule has 2 heterocycles. The van der Waals surface area contributed by atoms with Gasteiger partial charge in [0.25, 0.3) is 0 Å². The predicted octanol–water partition coefficient (Wildman–Crippen LogP) is 6.82. The number of nitrogens with one attached hydrogen (secondary N) is 2. The number of hydrogen-bond donors (Lipinski definition) is 2. The minimum absolute atomic E-state index is 0.0258. The van der Waals surface area contributed by atoms with E-state index in [1.807, 2.05) is 41.3 Å². The fraction of sp³-hybridized carbons (Fsp3) is 0.216. The number of benzene rings is 4. The molecule has 1 fully saturated rings. The quantitative estimate of drug-likeness (QED) is 0.223. The van der Waals surface area contributed by atoms with Gasteiger partial charge in [0.15, 0.2) is 0 Å². The molecular weight excluding hydrogens is 596 g/mol. The van der Waals surface area contributed by atoms with Crippen molar-refractivity contribution in [3.8, 4) is 6.07 Å². The highest BCUT2D eigenvalue weighted by atomic mass is 35.5. The Bertz CT molecular complexity index is 1780. The van der Waals surface area contributed by atoms with Gasteiger partial charge in [0.2, 0.25) is 5.91 Å². The van der Waals surface area contributed by atoms with Crippen molar-refractivity contribution in [2.45, 2.75) is 12.8 Å². The summed E-state index contributed by atoms with van der Waals surface area (Å²) < 4.78 is 0. The van der Waals surface area contributed by atoms with Gasteiger partial charge in [-0.15, -0.1) is 0 Å².